The van der Waals surface area contributed by atoms with Crippen molar-refractivity contribution < 1.29 is 20.1 Å². The van der Waals surface area contributed by atoms with Crippen molar-refractivity contribution in [2.24, 2.45) is 0 Å². The van der Waals surface area contributed by atoms with Gasteiger partial charge >= 0.3 is 5.97 Å². The summed E-state index contributed by atoms with van der Waals surface area (Å²) in [5.41, 5.74) is -1.41. The van der Waals surface area contributed by atoms with Crippen molar-refractivity contribution in [1.82, 2.24) is 9.97 Å². The first-order valence-corrected chi connectivity index (χ1v) is 4.57. The van der Waals surface area contributed by atoms with Crippen LogP contribution >= 0.6 is 0 Å². The molecule has 16 heavy (non-hydrogen) atoms. The fourth-order valence-electron chi connectivity index (χ4n) is 0.867. The van der Waals surface area contributed by atoms with Crippen LogP contribution in [0.2, 0.25) is 0 Å². The first-order valence-electron chi connectivity index (χ1n) is 4.57. The minimum Gasteiger partial charge on any atom is -0.476 e. The molecular formula is C9H13N3O4. The summed E-state index contributed by atoms with van der Waals surface area (Å²) in [6.45, 7) is 1.16. The molecule has 0 radical (unpaired) electrons. The second kappa shape index (κ2) is 4.86. The number of aromatic carboxylic acids is 1. The minimum atomic E-state index is -1.26. The van der Waals surface area contributed by atoms with Crippen molar-refractivity contribution in [3.05, 3.63) is 18.1 Å². The highest BCUT2D eigenvalue weighted by atomic mass is 16.4. The monoisotopic (exact) mass is 227 g/mol. The third-order valence-electron chi connectivity index (χ3n) is 1.86. The molecule has 88 valence electrons. The maximum Gasteiger partial charge on any atom is 0.356 e. The highest BCUT2D eigenvalue weighted by Crippen LogP contribution is 2.05. The van der Waals surface area contributed by atoms with E-state index in [1.807, 2.05) is 0 Å². The lowest BCUT2D eigenvalue weighted by Gasteiger charge is -2.20. The minimum absolute atomic E-state index is 0.0879. The molecule has 0 spiro atoms. The van der Waals surface area contributed by atoms with Gasteiger partial charge in [0.2, 0.25) is 0 Å². The Bertz CT molecular complexity index is 364. The zero-order chi connectivity index (χ0) is 12.2. The number of nitrogens with zero attached hydrogens (tertiary/aromatic N) is 2. The molecule has 4 N–H and O–H groups in total. The summed E-state index contributed by atoms with van der Waals surface area (Å²) in [5.74, 6) is -0.819. The fourth-order valence-corrected chi connectivity index (χ4v) is 0.867. The summed E-state index contributed by atoms with van der Waals surface area (Å²) >= 11 is 0. The van der Waals surface area contributed by atoms with Crippen LogP contribution < -0.4 is 5.32 Å². The van der Waals surface area contributed by atoms with Gasteiger partial charge in [-0.25, -0.2) is 14.8 Å². The Morgan fingerprint density at radius 2 is 2.19 bits per heavy atom. The van der Waals surface area contributed by atoms with Crippen LogP contribution in [0.25, 0.3) is 0 Å². The number of rotatable bonds is 5. The van der Waals surface area contributed by atoms with Crippen LogP contribution in [0.15, 0.2) is 12.4 Å². The van der Waals surface area contributed by atoms with Gasteiger partial charge in [-0.3, -0.25) is 0 Å². The zero-order valence-corrected chi connectivity index (χ0v) is 8.71. The SMILES string of the molecule is CC(O)(CO)CNc1cnc(C(=O)O)cn1. The maximum absolute atomic E-state index is 10.5. The van der Waals surface area contributed by atoms with Gasteiger partial charge in [0, 0.05) is 6.54 Å². The van der Waals surface area contributed by atoms with Crippen LogP contribution in [-0.4, -0.2) is 50.0 Å². The third-order valence-corrected chi connectivity index (χ3v) is 1.86. The predicted octanol–water partition coefficient (Wildman–Crippen LogP) is -0.670. The first-order chi connectivity index (χ1) is 7.44. The van der Waals surface area contributed by atoms with E-state index in [9.17, 15) is 9.90 Å². The smallest absolute Gasteiger partial charge is 0.356 e. The van der Waals surface area contributed by atoms with Gasteiger partial charge in [-0.15, -0.1) is 0 Å². The average Bonchev–Trinajstić information content (AvgIpc) is 2.27. The molecule has 1 aromatic heterocycles. The number of aliphatic hydroxyl groups excluding tert-OH is 1. The molecule has 0 aliphatic rings. The van der Waals surface area contributed by atoms with Gasteiger partial charge in [0.05, 0.1) is 19.0 Å². The molecule has 1 heterocycles. The molecule has 0 amide bonds. The van der Waals surface area contributed by atoms with Crippen LogP contribution in [0, 0.1) is 0 Å². The number of carboxylic acid groups (broad SMARTS) is 1. The molecule has 1 atom stereocenters. The molecule has 0 fully saturated rings. The Hall–Kier alpha value is -1.73. The summed E-state index contributed by atoms with van der Waals surface area (Å²) in [4.78, 5) is 17.9. The Balaban J connectivity index is 2.59. The fraction of sp³-hybridized carbons (Fsp3) is 0.444. The molecular weight excluding hydrogens is 214 g/mol. The van der Waals surface area contributed by atoms with E-state index in [-0.39, 0.29) is 18.8 Å². The summed E-state index contributed by atoms with van der Waals surface area (Å²) < 4.78 is 0. The van der Waals surface area contributed by atoms with E-state index in [0.29, 0.717) is 5.82 Å². The highest BCUT2D eigenvalue weighted by Gasteiger charge is 2.18. The lowest BCUT2D eigenvalue weighted by atomic mass is 10.1. The van der Waals surface area contributed by atoms with E-state index in [0.717, 1.165) is 6.20 Å². The molecule has 1 unspecified atom stereocenters. The Kier molecular flexibility index (Phi) is 3.75. The van der Waals surface area contributed by atoms with Crippen molar-refractivity contribution >= 4 is 11.8 Å². The molecule has 0 saturated heterocycles. The standard InChI is InChI=1S/C9H13N3O4/c1-9(16,5-13)4-12-7-3-10-6(2-11-7)8(14)15/h2-3,13,16H,4-5H2,1H3,(H,11,12)(H,14,15). The van der Waals surface area contributed by atoms with Crippen LogP contribution in [0.1, 0.15) is 17.4 Å². The van der Waals surface area contributed by atoms with Crippen LogP contribution in [0.3, 0.4) is 0 Å². The van der Waals surface area contributed by atoms with E-state index < -0.39 is 11.6 Å². The van der Waals surface area contributed by atoms with Gasteiger partial charge in [0.15, 0.2) is 5.69 Å². The zero-order valence-electron chi connectivity index (χ0n) is 8.71. The normalized spacial score (nSPS) is 14.2. The van der Waals surface area contributed by atoms with Gasteiger partial charge in [-0.2, -0.15) is 0 Å². The van der Waals surface area contributed by atoms with Crippen LogP contribution in [-0.2, 0) is 0 Å². The van der Waals surface area contributed by atoms with E-state index in [1.54, 1.807) is 0 Å². The topological polar surface area (TPSA) is 116 Å². The van der Waals surface area contributed by atoms with Gasteiger partial charge in [0.25, 0.3) is 0 Å². The maximum atomic E-state index is 10.5. The average molecular weight is 227 g/mol. The van der Waals surface area contributed by atoms with Crippen molar-refractivity contribution in [3.8, 4) is 0 Å². The number of hydrogen-bond acceptors (Lipinski definition) is 6. The van der Waals surface area contributed by atoms with E-state index in [2.05, 4.69) is 15.3 Å². The second-order valence-electron chi connectivity index (χ2n) is 3.60. The largest absolute Gasteiger partial charge is 0.476 e. The summed E-state index contributed by atoms with van der Waals surface area (Å²) in [6, 6.07) is 0. The number of aromatic nitrogens is 2. The third kappa shape index (κ3) is 3.44. The molecule has 1 rings (SSSR count). The molecule has 7 nitrogen and oxygen atoms in total. The highest BCUT2D eigenvalue weighted by molar-refractivity contribution is 5.84. The second-order valence-corrected chi connectivity index (χ2v) is 3.60. The van der Waals surface area contributed by atoms with Crippen molar-refractivity contribution in [2.75, 3.05) is 18.5 Å². The number of carboxylic acids is 1. The lowest BCUT2D eigenvalue weighted by molar-refractivity contribution is 0.0131. The number of anilines is 1. The summed E-state index contributed by atoms with van der Waals surface area (Å²) in [6.07, 6.45) is 2.36. The molecule has 0 saturated carbocycles. The molecule has 0 bridgehead atoms. The lowest BCUT2D eigenvalue weighted by Crippen LogP contribution is -2.37. The van der Waals surface area contributed by atoms with Crippen molar-refractivity contribution in [1.29, 1.82) is 0 Å². The predicted molar refractivity (Wildman–Crippen MR) is 55.2 cm³/mol. The van der Waals surface area contributed by atoms with Crippen molar-refractivity contribution in [2.45, 2.75) is 12.5 Å². The number of carbonyl (C=O) groups is 1. The Morgan fingerprint density at radius 3 is 2.62 bits per heavy atom. The molecule has 0 aromatic carbocycles. The van der Waals surface area contributed by atoms with Crippen LogP contribution in [0.5, 0.6) is 0 Å². The van der Waals surface area contributed by atoms with Crippen molar-refractivity contribution in [3.63, 3.8) is 0 Å². The Labute approximate surface area is 91.8 Å². The quantitative estimate of drug-likeness (QED) is 0.527. The van der Waals surface area contributed by atoms with Gasteiger partial charge in [-0.1, -0.05) is 0 Å². The first kappa shape index (κ1) is 12.3. The Morgan fingerprint density at radius 1 is 1.50 bits per heavy atom. The molecule has 0 aliphatic carbocycles. The van der Waals surface area contributed by atoms with Gasteiger partial charge < -0.3 is 20.6 Å². The molecule has 0 aliphatic heterocycles. The number of nitrogens with one attached hydrogen (secondary N) is 1. The van der Waals surface area contributed by atoms with E-state index >= 15 is 0 Å². The van der Waals surface area contributed by atoms with Crippen LogP contribution in [0.4, 0.5) is 5.82 Å². The molecule has 7 heteroatoms. The van der Waals surface area contributed by atoms with E-state index in [1.165, 1.54) is 13.1 Å². The molecule has 1 aromatic rings. The summed E-state index contributed by atoms with van der Waals surface area (Å²) in [7, 11) is 0. The number of hydrogen-bond donors (Lipinski definition) is 4. The van der Waals surface area contributed by atoms with Gasteiger partial charge in [-0.05, 0) is 6.92 Å². The van der Waals surface area contributed by atoms with E-state index in [4.69, 9.17) is 10.2 Å². The number of aliphatic hydroxyl groups is 2. The summed E-state index contributed by atoms with van der Waals surface area (Å²) in [5, 5.41) is 29.6. The van der Waals surface area contributed by atoms with Gasteiger partial charge in [0.1, 0.15) is 11.4 Å².